The molecular weight excluding hydrogens is 220 g/mol. The van der Waals surface area contributed by atoms with Gasteiger partial charge in [0.05, 0.1) is 0 Å². The lowest BCUT2D eigenvalue weighted by atomic mass is 9.83. The fourth-order valence-electron chi connectivity index (χ4n) is 3.84. The molecular formula is C16H32N2. The number of nitrogens with one attached hydrogen (secondary N) is 1. The van der Waals surface area contributed by atoms with Crippen LogP contribution in [-0.4, -0.2) is 36.6 Å². The van der Waals surface area contributed by atoms with Gasteiger partial charge in [-0.15, -0.1) is 0 Å². The van der Waals surface area contributed by atoms with Gasteiger partial charge in [-0.2, -0.15) is 0 Å². The van der Waals surface area contributed by atoms with Crippen molar-refractivity contribution in [3.8, 4) is 0 Å². The fourth-order valence-corrected chi connectivity index (χ4v) is 3.84. The van der Waals surface area contributed by atoms with Crippen LogP contribution in [0, 0.1) is 5.92 Å². The lowest BCUT2D eigenvalue weighted by molar-refractivity contribution is 0.131. The third kappa shape index (κ3) is 3.96. The highest BCUT2D eigenvalue weighted by Gasteiger charge is 2.27. The maximum atomic E-state index is 3.69. The van der Waals surface area contributed by atoms with Gasteiger partial charge in [0.15, 0.2) is 0 Å². The lowest BCUT2D eigenvalue weighted by Gasteiger charge is -2.37. The van der Waals surface area contributed by atoms with Gasteiger partial charge in [0, 0.05) is 18.6 Å². The molecule has 2 rings (SSSR count). The van der Waals surface area contributed by atoms with E-state index in [-0.39, 0.29) is 0 Å². The SMILES string of the molecule is CCCC1CCC(N2CCCNC(CC)C2)CC1. The van der Waals surface area contributed by atoms with Gasteiger partial charge in [-0.05, 0) is 57.5 Å². The van der Waals surface area contributed by atoms with Crippen LogP contribution in [0.4, 0.5) is 0 Å². The monoisotopic (exact) mass is 252 g/mol. The molecule has 0 aromatic rings. The fraction of sp³-hybridized carbons (Fsp3) is 1.00. The van der Waals surface area contributed by atoms with Gasteiger partial charge in [-0.25, -0.2) is 0 Å². The van der Waals surface area contributed by atoms with E-state index in [1.54, 1.807) is 0 Å². The molecule has 18 heavy (non-hydrogen) atoms. The third-order valence-corrected chi connectivity index (χ3v) is 5.03. The Morgan fingerprint density at radius 2 is 1.89 bits per heavy atom. The Morgan fingerprint density at radius 3 is 2.56 bits per heavy atom. The Bertz CT molecular complexity index is 221. The number of rotatable bonds is 4. The van der Waals surface area contributed by atoms with Crippen LogP contribution in [0.15, 0.2) is 0 Å². The highest BCUT2D eigenvalue weighted by Crippen LogP contribution is 2.30. The van der Waals surface area contributed by atoms with E-state index in [9.17, 15) is 0 Å². The molecule has 0 bridgehead atoms. The van der Waals surface area contributed by atoms with Gasteiger partial charge in [-0.1, -0.05) is 26.7 Å². The standard InChI is InChI=1S/C16H32N2/c1-3-6-14-7-9-16(10-8-14)18-12-5-11-17-15(4-2)13-18/h14-17H,3-13H2,1-2H3. The summed E-state index contributed by atoms with van der Waals surface area (Å²) in [4.78, 5) is 2.80. The normalized spacial score (nSPS) is 35.3. The average Bonchev–Trinajstić information content (AvgIpc) is 2.65. The molecule has 2 nitrogen and oxygen atoms in total. The van der Waals surface area contributed by atoms with Gasteiger partial charge < -0.3 is 5.32 Å². The first-order valence-electron chi connectivity index (χ1n) is 8.30. The number of hydrogen-bond donors (Lipinski definition) is 1. The Kier molecular flexibility index (Phi) is 5.97. The van der Waals surface area contributed by atoms with E-state index in [0.717, 1.165) is 18.0 Å². The van der Waals surface area contributed by atoms with Crippen LogP contribution in [-0.2, 0) is 0 Å². The summed E-state index contributed by atoms with van der Waals surface area (Å²) in [5, 5.41) is 3.69. The molecule has 2 aliphatic rings. The Labute approximate surface area is 114 Å². The van der Waals surface area contributed by atoms with Gasteiger partial charge in [-0.3, -0.25) is 4.90 Å². The van der Waals surface area contributed by atoms with Crippen LogP contribution >= 0.6 is 0 Å². The minimum atomic E-state index is 0.737. The maximum absolute atomic E-state index is 3.69. The van der Waals surface area contributed by atoms with Crippen molar-refractivity contribution in [1.82, 2.24) is 10.2 Å². The van der Waals surface area contributed by atoms with Crippen molar-refractivity contribution in [1.29, 1.82) is 0 Å². The molecule has 2 heteroatoms. The summed E-state index contributed by atoms with van der Waals surface area (Å²) in [7, 11) is 0. The van der Waals surface area contributed by atoms with E-state index >= 15 is 0 Å². The quantitative estimate of drug-likeness (QED) is 0.825. The van der Waals surface area contributed by atoms with E-state index in [4.69, 9.17) is 0 Å². The van der Waals surface area contributed by atoms with E-state index in [1.807, 2.05) is 0 Å². The first-order chi connectivity index (χ1) is 8.83. The van der Waals surface area contributed by atoms with E-state index in [1.165, 1.54) is 71.0 Å². The van der Waals surface area contributed by atoms with E-state index < -0.39 is 0 Å². The molecule has 1 heterocycles. The smallest absolute Gasteiger partial charge is 0.0192 e. The van der Waals surface area contributed by atoms with Crippen LogP contribution in [0.2, 0.25) is 0 Å². The van der Waals surface area contributed by atoms with Crippen molar-refractivity contribution in [2.24, 2.45) is 5.92 Å². The minimum absolute atomic E-state index is 0.737. The first-order valence-corrected chi connectivity index (χ1v) is 8.30. The third-order valence-electron chi connectivity index (χ3n) is 5.03. The van der Waals surface area contributed by atoms with Crippen molar-refractivity contribution in [3.05, 3.63) is 0 Å². The molecule has 1 saturated heterocycles. The Hall–Kier alpha value is -0.0800. The first kappa shape index (κ1) is 14.3. The highest BCUT2D eigenvalue weighted by molar-refractivity contribution is 4.84. The molecule has 1 unspecified atom stereocenters. The molecule has 1 saturated carbocycles. The van der Waals surface area contributed by atoms with Gasteiger partial charge in [0.2, 0.25) is 0 Å². The zero-order chi connectivity index (χ0) is 12.8. The largest absolute Gasteiger partial charge is 0.313 e. The molecule has 0 spiro atoms. The summed E-state index contributed by atoms with van der Waals surface area (Å²) in [6.45, 7) is 8.49. The molecule has 0 aromatic carbocycles. The van der Waals surface area contributed by atoms with Crippen LogP contribution in [0.25, 0.3) is 0 Å². The zero-order valence-corrected chi connectivity index (χ0v) is 12.5. The zero-order valence-electron chi connectivity index (χ0n) is 12.5. The molecule has 1 N–H and O–H groups in total. The second kappa shape index (κ2) is 7.49. The second-order valence-electron chi connectivity index (χ2n) is 6.37. The van der Waals surface area contributed by atoms with Crippen LogP contribution in [0.5, 0.6) is 0 Å². The molecule has 106 valence electrons. The van der Waals surface area contributed by atoms with Crippen LogP contribution in [0.1, 0.15) is 65.2 Å². The summed E-state index contributed by atoms with van der Waals surface area (Å²) in [5.41, 5.74) is 0. The molecule has 2 fully saturated rings. The van der Waals surface area contributed by atoms with Crippen LogP contribution in [0.3, 0.4) is 0 Å². The summed E-state index contributed by atoms with van der Waals surface area (Å²) in [5.74, 6) is 1.04. The molecule has 1 aliphatic heterocycles. The molecule has 1 atom stereocenters. The van der Waals surface area contributed by atoms with Gasteiger partial charge in [0.1, 0.15) is 0 Å². The summed E-state index contributed by atoms with van der Waals surface area (Å²) >= 11 is 0. The topological polar surface area (TPSA) is 15.3 Å². The van der Waals surface area contributed by atoms with E-state index in [2.05, 4.69) is 24.1 Å². The number of hydrogen-bond acceptors (Lipinski definition) is 2. The van der Waals surface area contributed by atoms with Crippen molar-refractivity contribution in [2.45, 2.75) is 77.3 Å². The molecule has 0 radical (unpaired) electrons. The van der Waals surface area contributed by atoms with E-state index in [0.29, 0.717) is 0 Å². The van der Waals surface area contributed by atoms with Crippen LogP contribution < -0.4 is 5.32 Å². The molecule has 0 aromatic heterocycles. The van der Waals surface area contributed by atoms with Gasteiger partial charge >= 0.3 is 0 Å². The number of nitrogens with zero attached hydrogens (tertiary/aromatic N) is 1. The predicted molar refractivity (Wildman–Crippen MR) is 78.9 cm³/mol. The van der Waals surface area contributed by atoms with Crippen molar-refractivity contribution >= 4 is 0 Å². The highest BCUT2D eigenvalue weighted by atomic mass is 15.2. The summed E-state index contributed by atoms with van der Waals surface area (Å²) in [6, 6.07) is 1.63. The molecule has 0 amide bonds. The van der Waals surface area contributed by atoms with Crippen molar-refractivity contribution in [2.75, 3.05) is 19.6 Å². The van der Waals surface area contributed by atoms with Crippen molar-refractivity contribution in [3.63, 3.8) is 0 Å². The Morgan fingerprint density at radius 1 is 1.11 bits per heavy atom. The second-order valence-corrected chi connectivity index (χ2v) is 6.37. The van der Waals surface area contributed by atoms with Crippen molar-refractivity contribution < 1.29 is 0 Å². The molecule has 1 aliphatic carbocycles. The summed E-state index contributed by atoms with van der Waals surface area (Å²) < 4.78 is 0. The maximum Gasteiger partial charge on any atom is 0.0192 e. The summed E-state index contributed by atoms with van der Waals surface area (Å²) in [6.07, 6.45) is 11.3. The van der Waals surface area contributed by atoms with Gasteiger partial charge in [0.25, 0.3) is 0 Å². The predicted octanol–water partition coefficient (Wildman–Crippen LogP) is 3.42. The minimum Gasteiger partial charge on any atom is -0.313 e. The Balaban J connectivity index is 1.80. The average molecular weight is 252 g/mol. The lowest BCUT2D eigenvalue weighted by Crippen LogP contribution is -2.43.